The maximum Gasteiger partial charge on any atom is 0.127 e. The Balaban J connectivity index is 1.68. The Kier molecular flexibility index (Phi) is 3.08. The third-order valence-electron chi connectivity index (χ3n) is 4.80. The highest BCUT2D eigenvalue weighted by atomic mass is 35.5. The molecule has 3 atom stereocenters. The first-order chi connectivity index (χ1) is 9.83. The van der Waals surface area contributed by atoms with E-state index in [0.717, 1.165) is 40.6 Å². The molecule has 0 bridgehead atoms. The molecule has 0 unspecified atom stereocenters. The number of halogens is 1. The van der Waals surface area contributed by atoms with Crippen LogP contribution >= 0.6 is 11.6 Å². The predicted molar refractivity (Wildman–Crippen MR) is 82.5 cm³/mol. The van der Waals surface area contributed by atoms with Crippen molar-refractivity contribution in [2.45, 2.75) is 18.9 Å². The molecular formula is C17H18ClNO. The second kappa shape index (κ2) is 4.94. The molecule has 1 heterocycles. The van der Waals surface area contributed by atoms with E-state index in [1.54, 1.807) is 0 Å². The molecule has 2 fully saturated rings. The van der Waals surface area contributed by atoms with Gasteiger partial charge >= 0.3 is 0 Å². The minimum Gasteiger partial charge on any atom is -0.489 e. The van der Waals surface area contributed by atoms with Gasteiger partial charge in [0.15, 0.2) is 0 Å². The fourth-order valence-electron chi connectivity index (χ4n) is 3.74. The molecule has 1 aliphatic carbocycles. The Bertz CT molecular complexity index is 642. The summed E-state index contributed by atoms with van der Waals surface area (Å²) in [5.74, 6) is 2.45. The summed E-state index contributed by atoms with van der Waals surface area (Å²) >= 11 is 6.27. The number of rotatable bonds is 2. The molecule has 0 spiro atoms. The molecule has 0 radical (unpaired) electrons. The van der Waals surface area contributed by atoms with Gasteiger partial charge < -0.3 is 10.1 Å². The largest absolute Gasteiger partial charge is 0.489 e. The average Bonchev–Trinajstić information content (AvgIpc) is 3.07. The van der Waals surface area contributed by atoms with Gasteiger partial charge in [0.1, 0.15) is 11.9 Å². The summed E-state index contributed by atoms with van der Waals surface area (Å²) in [6, 6.07) is 12.2. The Labute approximate surface area is 124 Å². The van der Waals surface area contributed by atoms with Gasteiger partial charge in [0.05, 0.1) is 0 Å². The lowest BCUT2D eigenvalue weighted by Crippen LogP contribution is -2.26. The van der Waals surface area contributed by atoms with Crippen LogP contribution in [0.1, 0.15) is 12.8 Å². The fourth-order valence-corrected chi connectivity index (χ4v) is 3.97. The molecule has 2 nitrogen and oxygen atoms in total. The van der Waals surface area contributed by atoms with Gasteiger partial charge in [-0.3, -0.25) is 0 Å². The minimum atomic E-state index is 0.347. The molecule has 3 heteroatoms. The van der Waals surface area contributed by atoms with E-state index < -0.39 is 0 Å². The summed E-state index contributed by atoms with van der Waals surface area (Å²) in [6.07, 6.45) is 2.81. The van der Waals surface area contributed by atoms with Gasteiger partial charge in [-0.15, -0.1) is 0 Å². The Morgan fingerprint density at radius 3 is 2.75 bits per heavy atom. The predicted octanol–water partition coefficient (Wildman–Crippen LogP) is 3.87. The van der Waals surface area contributed by atoms with Gasteiger partial charge in [0.2, 0.25) is 0 Å². The summed E-state index contributed by atoms with van der Waals surface area (Å²) in [5, 5.41) is 6.47. The van der Waals surface area contributed by atoms with Crippen molar-refractivity contribution in [2.24, 2.45) is 11.8 Å². The van der Waals surface area contributed by atoms with Crippen molar-refractivity contribution < 1.29 is 4.74 Å². The fraction of sp³-hybridized carbons (Fsp3) is 0.412. The Morgan fingerprint density at radius 1 is 1.00 bits per heavy atom. The van der Waals surface area contributed by atoms with E-state index in [-0.39, 0.29) is 0 Å². The highest BCUT2D eigenvalue weighted by molar-refractivity contribution is 6.35. The topological polar surface area (TPSA) is 21.3 Å². The highest BCUT2D eigenvalue weighted by Crippen LogP contribution is 2.39. The van der Waals surface area contributed by atoms with E-state index in [2.05, 4.69) is 17.4 Å². The van der Waals surface area contributed by atoms with Crippen molar-refractivity contribution in [3.63, 3.8) is 0 Å². The molecule has 1 saturated carbocycles. The standard InChI is InChI=1S/C17H18ClNO/c18-15-6-8-16(13-4-2-1-3-12(13)15)20-17-7-5-11-9-19-10-14(11)17/h1-4,6,8,11,14,17,19H,5,7,9-10H2/t11-,14+,17+/m1/s1. The van der Waals surface area contributed by atoms with Crippen molar-refractivity contribution in [3.8, 4) is 5.75 Å². The van der Waals surface area contributed by atoms with Crippen molar-refractivity contribution in [1.29, 1.82) is 0 Å². The van der Waals surface area contributed by atoms with E-state index in [9.17, 15) is 0 Å². The number of hydrogen-bond donors (Lipinski definition) is 1. The molecule has 2 aromatic rings. The zero-order valence-corrected chi connectivity index (χ0v) is 12.1. The SMILES string of the molecule is Clc1ccc(O[C@H]2CC[C@@H]3CNC[C@@H]32)c2ccccc12. The molecule has 2 aliphatic rings. The molecule has 1 aliphatic heterocycles. The van der Waals surface area contributed by atoms with Crippen molar-refractivity contribution >= 4 is 22.4 Å². The molecule has 1 saturated heterocycles. The molecular weight excluding hydrogens is 270 g/mol. The van der Waals surface area contributed by atoms with Crippen LogP contribution < -0.4 is 10.1 Å². The van der Waals surface area contributed by atoms with Crippen LogP contribution in [0.25, 0.3) is 10.8 Å². The van der Waals surface area contributed by atoms with E-state index in [1.165, 1.54) is 12.8 Å². The monoisotopic (exact) mass is 287 g/mol. The van der Waals surface area contributed by atoms with E-state index in [1.807, 2.05) is 24.3 Å². The molecule has 0 aromatic heterocycles. The third-order valence-corrected chi connectivity index (χ3v) is 5.13. The summed E-state index contributed by atoms with van der Waals surface area (Å²) in [5.41, 5.74) is 0. The van der Waals surface area contributed by atoms with Crippen LogP contribution in [0.15, 0.2) is 36.4 Å². The van der Waals surface area contributed by atoms with Gasteiger partial charge in [0.25, 0.3) is 0 Å². The first kappa shape index (κ1) is 12.5. The molecule has 4 rings (SSSR count). The maximum atomic E-state index is 6.36. The summed E-state index contributed by atoms with van der Waals surface area (Å²) < 4.78 is 6.36. The lowest BCUT2D eigenvalue weighted by Gasteiger charge is -2.21. The van der Waals surface area contributed by atoms with Gasteiger partial charge in [-0.2, -0.15) is 0 Å². The molecule has 2 aromatic carbocycles. The van der Waals surface area contributed by atoms with E-state index >= 15 is 0 Å². The maximum absolute atomic E-state index is 6.36. The number of hydrogen-bond acceptors (Lipinski definition) is 2. The first-order valence-electron chi connectivity index (χ1n) is 7.37. The normalized spacial score (nSPS) is 28.8. The minimum absolute atomic E-state index is 0.347. The molecule has 20 heavy (non-hydrogen) atoms. The second-order valence-electron chi connectivity index (χ2n) is 5.91. The molecule has 1 N–H and O–H groups in total. The first-order valence-corrected chi connectivity index (χ1v) is 7.75. The molecule has 104 valence electrons. The second-order valence-corrected chi connectivity index (χ2v) is 6.31. The van der Waals surface area contributed by atoms with Crippen LogP contribution in [-0.4, -0.2) is 19.2 Å². The summed E-state index contributed by atoms with van der Waals surface area (Å²) in [6.45, 7) is 2.26. The van der Waals surface area contributed by atoms with Gasteiger partial charge in [-0.1, -0.05) is 35.9 Å². The van der Waals surface area contributed by atoms with Crippen molar-refractivity contribution in [3.05, 3.63) is 41.4 Å². The average molecular weight is 288 g/mol. The van der Waals surface area contributed by atoms with Crippen molar-refractivity contribution in [2.75, 3.05) is 13.1 Å². The number of fused-ring (bicyclic) bond motifs is 2. The lowest BCUT2D eigenvalue weighted by atomic mass is 9.99. The van der Waals surface area contributed by atoms with Gasteiger partial charge in [-0.25, -0.2) is 0 Å². The quantitative estimate of drug-likeness (QED) is 0.905. The van der Waals surface area contributed by atoms with Crippen LogP contribution in [0.5, 0.6) is 5.75 Å². The van der Waals surface area contributed by atoms with Crippen LogP contribution in [0.3, 0.4) is 0 Å². The van der Waals surface area contributed by atoms with Gasteiger partial charge in [0, 0.05) is 28.3 Å². The van der Waals surface area contributed by atoms with E-state index in [4.69, 9.17) is 16.3 Å². The third kappa shape index (κ3) is 1.99. The van der Waals surface area contributed by atoms with E-state index in [0.29, 0.717) is 12.0 Å². The van der Waals surface area contributed by atoms with Gasteiger partial charge in [-0.05, 0) is 37.4 Å². The zero-order valence-electron chi connectivity index (χ0n) is 11.3. The lowest BCUT2D eigenvalue weighted by molar-refractivity contribution is 0.160. The van der Waals surface area contributed by atoms with Crippen LogP contribution in [0.2, 0.25) is 5.02 Å². The Morgan fingerprint density at radius 2 is 1.85 bits per heavy atom. The number of benzene rings is 2. The zero-order chi connectivity index (χ0) is 13.5. The van der Waals surface area contributed by atoms with Crippen LogP contribution in [0.4, 0.5) is 0 Å². The molecule has 0 amide bonds. The summed E-state index contributed by atoms with van der Waals surface area (Å²) in [4.78, 5) is 0. The summed E-state index contributed by atoms with van der Waals surface area (Å²) in [7, 11) is 0. The van der Waals surface area contributed by atoms with Crippen LogP contribution in [-0.2, 0) is 0 Å². The Hall–Kier alpha value is -1.25. The smallest absolute Gasteiger partial charge is 0.127 e. The number of nitrogens with one attached hydrogen (secondary N) is 1. The highest BCUT2D eigenvalue weighted by Gasteiger charge is 2.40. The number of ether oxygens (including phenoxy) is 1. The van der Waals surface area contributed by atoms with Crippen LogP contribution in [0, 0.1) is 11.8 Å². The van der Waals surface area contributed by atoms with Crippen molar-refractivity contribution in [1.82, 2.24) is 5.32 Å².